The Labute approximate surface area is 121 Å². The number of phenols is 1. The van der Waals surface area contributed by atoms with E-state index < -0.39 is 5.97 Å². The number of hydrogen-bond donors (Lipinski definition) is 3. The van der Waals surface area contributed by atoms with Gasteiger partial charge in [0.25, 0.3) is 0 Å². The van der Waals surface area contributed by atoms with Crippen molar-refractivity contribution in [2.24, 2.45) is 0 Å². The molecule has 0 bridgehead atoms. The molecule has 0 spiro atoms. The predicted molar refractivity (Wildman–Crippen MR) is 78.6 cm³/mol. The molecule has 0 fully saturated rings. The topological polar surface area (TPSA) is 69.6 Å². The van der Waals surface area contributed by atoms with Gasteiger partial charge in [-0.05, 0) is 30.7 Å². The lowest BCUT2D eigenvalue weighted by atomic mass is 10.1. The first-order chi connectivity index (χ1) is 9.49. The third-order valence-corrected chi connectivity index (χ3v) is 3.27. The molecule has 0 atom stereocenters. The van der Waals surface area contributed by atoms with Gasteiger partial charge in [-0.2, -0.15) is 0 Å². The molecule has 3 N–H and O–H groups in total. The van der Waals surface area contributed by atoms with Crippen molar-refractivity contribution in [1.82, 2.24) is 0 Å². The van der Waals surface area contributed by atoms with E-state index in [1.165, 1.54) is 6.07 Å². The number of para-hydroxylation sites is 1. The molecule has 0 radical (unpaired) electrons. The molecular weight excluding hydrogens is 278 g/mol. The summed E-state index contributed by atoms with van der Waals surface area (Å²) in [5.41, 5.74) is 2.19. The lowest BCUT2D eigenvalue weighted by Crippen LogP contribution is -2.04. The summed E-state index contributed by atoms with van der Waals surface area (Å²) in [6.07, 6.45) is 0. The molecule has 0 amide bonds. The molecule has 2 aromatic carbocycles. The normalized spacial score (nSPS) is 10.3. The Bertz CT molecular complexity index is 656. The Morgan fingerprint density at radius 2 is 2.05 bits per heavy atom. The molecule has 104 valence electrons. The molecule has 20 heavy (non-hydrogen) atoms. The van der Waals surface area contributed by atoms with Gasteiger partial charge in [0.05, 0.1) is 10.7 Å². The van der Waals surface area contributed by atoms with Crippen molar-refractivity contribution in [3.05, 3.63) is 58.1 Å². The Morgan fingerprint density at radius 3 is 2.75 bits per heavy atom. The second kappa shape index (κ2) is 5.84. The molecular formula is C15H14ClNO3. The van der Waals surface area contributed by atoms with Gasteiger partial charge >= 0.3 is 5.97 Å². The highest BCUT2D eigenvalue weighted by atomic mass is 35.5. The Balaban J connectivity index is 2.21. The molecule has 0 saturated carbocycles. The van der Waals surface area contributed by atoms with Gasteiger partial charge in [0, 0.05) is 12.1 Å². The van der Waals surface area contributed by atoms with Crippen LogP contribution < -0.4 is 5.32 Å². The van der Waals surface area contributed by atoms with E-state index in [9.17, 15) is 9.90 Å². The van der Waals surface area contributed by atoms with E-state index in [2.05, 4.69) is 5.32 Å². The number of aromatic hydroxyl groups is 1. The Hall–Kier alpha value is -2.20. The van der Waals surface area contributed by atoms with Gasteiger partial charge in [0.2, 0.25) is 0 Å². The molecule has 0 unspecified atom stereocenters. The number of carbonyl (C=O) groups is 1. The number of rotatable bonds is 4. The third-order valence-electron chi connectivity index (χ3n) is 2.94. The maximum absolute atomic E-state index is 10.9. The summed E-state index contributed by atoms with van der Waals surface area (Å²) in [5.74, 6) is -1.38. The van der Waals surface area contributed by atoms with Crippen molar-refractivity contribution in [1.29, 1.82) is 0 Å². The monoisotopic (exact) mass is 291 g/mol. The van der Waals surface area contributed by atoms with Crippen molar-refractivity contribution in [3.8, 4) is 5.75 Å². The van der Waals surface area contributed by atoms with Crippen LogP contribution in [0.5, 0.6) is 5.75 Å². The summed E-state index contributed by atoms with van der Waals surface area (Å²) < 4.78 is 0. The molecule has 2 rings (SSSR count). The van der Waals surface area contributed by atoms with Gasteiger partial charge in [-0.15, -0.1) is 0 Å². The third kappa shape index (κ3) is 3.03. The highest BCUT2D eigenvalue weighted by Gasteiger charge is 2.12. The van der Waals surface area contributed by atoms with Crippen LogP contribution in [-0.4, -0.2) is 16.2 Å². The van der Waals surface area contributed by atoms with Crippen LogP contribution in [0.2, 0.25) is 5.02 Å². The first-order valence-corrected chi connectivity index (χ1v) is 6.41. The summed E-state index contributed by atoms with van der Waals surface area (Å²) in [6.45, 7) is 2.24. The van der Waals surface area contributed by atoms with Gasteiger partial charge in [-0.3, -0.25) is 0 Å². The minimum absolute atomic E-state index is 0.111. The number of carboxylic acids is 1. The summed E-state index contributed by atoms with van der Waals surface area (Å²) >= 11 is 6.06. The quantitative estimate of drug-likeness (QED) is 0.804. The fourth-order valence-electron chi connectivity index (χ4n) is 1.87. The highest BCUT2D eigenvalue weighted by molar-refractivity contribution is 6.33. The second-order valence-electron chi connectivity index (χ2n) is 4.46. The number of halogens is 1. The largest absolute Gasteiger partial charge is 0.507 e. The molecule has 0 heterocycles. The molecule has 0 aliphatic carbocycles. The molecule has 4 nitrogen and oxygen atoms in total. The van der Waals surface area contributed by atoms with Crippen molar-refractivity contribution in [2.45, 2.75) is 13.5 Å². The van der Waals surface area contributed by atoms with Crippen LogP contribution in [-0.2, 0) is 6.54 Å². The minimum Gasteiger partial charge on any atom is -0.507 e. The summed E-state index contributed by atoms with van der Waals surface area (Å²) in [7, 11) is 0. The maximum Gasteiger partial charge on any atom is 0.339 e. The van der Waals surface area contributed by atoms with Crippen LogP contribution in [0, 0.1) is 6.92 Å². The molecule has 5 heteroatoms. The number of anilines is 1. The van der Waals surface area contributed by atoms with Crippen molar-refractivity contribution in [2.75, 3.05) is 5.32 Å². The maximum atomic E-state index is 10.9. The summed E-state index contributed by atoms with van der Waals surface area (Å²) in [6, 6.07) is 10.2. The SMILES string of the molecule is Cc1ccc(Cl)c(NCc2cccc(C(=O)O)c2O)c1. The number of carboxylic acid groups (broad SMARTS) is 1. The molecule has 0 saturated heterocycles. The standard InChI is InChI=1S/C15H14ClNO3/c1-9-5-6-12(16)13(7-9)17-8-10-3-2-4-11(14(10)18)15(19)20/h2-7,17-18H,8H2,1H3,(H,19,20). The van der Waals surface area contributed by atoms with E-state index in [1.54, 1.807) is 18.2 Å². The molecule has 2 aromatic rings. The molecule has 0 aliphatic rings. The van der Waals surface area contributed by atoms with Gasteiger partial charge in [0.1, 0.15) is 11.3 Å². The van der Waals surface area contributed by atoms with Crippen LogP contribution >= 0.6 is 11.6 Å². The van der Waals surface area contributed by atoms with E-state index in [0.29, 0.717) is 10.6 Å². The number of aromatic carboxylic acids is 1. The van der Waals surface area contributed by atoms with Crippen LogP contribution in [0.3, 0.4) is 0 Å². The van der Waals surface area contributed by atoms with E-state index >= 15 is 0 Å². The molecule has 0 aromatic heterocycles. The lowest BCUT2D eigenvalue weighted by Gasteiger charge is -2.11. The first-order valence-electron chi connectivity index (χ1n) is 6.03. The van der Waals surface area contributed by atoms with Crippen molar-refractivity contribution < 1.29 is 15.0 Å². The lowest BCUT2D eigenvalue weighted by molar-refractivity contribution is 0.0693. The van der Waals surface area contributed by atoms with Crippen molar-refractivity contribution >= 4 is 23.3 Å². The predicted octanol–water partition coefficient (Wildman–Crippen LogP) is 3.66. The van der Waals surface area contributed by atoms with Crippen LogP contribution in [0.15, 0.2) is 36.4 Å². The Morgan fingerprint density at radius 1 is 1.30 bits per heavy atom. The van der Waals surface area contributed by atoms with Crippen molar-refractivity contribution in [3.63, 3.8) is 0 Å². The van der Waals surface area contributed by atoms with Crippen LogP contribution in [0.1, 0.15) is 21.5 Å². The van der Waals surface area contributed by atoms with Gasteiger partial charge in [-0.25, -0.2) is 4.79 Å². The smallest absolute Gasteiger partial charge is 0.339 e. The fraction of sp³-hybridized carbons (Fsp3) is 0.133. The number of nitrogens with one attached hydrogen (secondary N) is 1. The average molecular weight is 292 g/mol. The second-order valence-corrected chi connectivity index (χ2v) is 4.86. The summed E-state index contributed by atoms with van der Waals surface area (Å²) in [4.78, 5) is 10.9. The molecule has 0 aliphatic heterocycles. The van der Waals surface area contributed by atoms with E-state index in [1.807, 2.05) is 19.1 Å². The van der Waals surface area contributed by atoms with E-state index in [0.717, 1.165) is 11.3 Å². The van der Waals surface area contributed by atoms with Gasteiger partial charge < -0.3 is 15.5 Å². The Kier molecular flexibility index (Phi) is 4.15. The first kappa shape index (κ1) is 14.2. The zero-order valence-electron chi connectivity index (χ0n) is 10.9. The van der Waals surface area contributed by atoms with Gasteiger partial charge in [0.15, 0.2) is 0 Å². The average Bonchev–Trinajstić information content (AvgIpc) is 2.41. The van der Waals surface area contributed by atoms with Crippen LogP contribution in [0.4, 0.5) is 5.69 Å². The zero-order valence-corrected chi connectivity index (χ0v) is 11.6. The highest BCUT2D eigenvalue weighted by Crippen LogP contribution is 2.26. The van der Waals surface area contributed by atoms with Gasteiger partial charge in [-0.1, -0.05) is 29.8 Å². The minimum atomic E-state index is -1.15. The van der Waals surface area contributed by atoms with E-state index in [-0.39, 0.29) is 17.9 Å². The van der Waals surface area contributed by atoms with E-state index in [4.69, 9.17) is 16.7 Å². The zero-order chi connectivity index (χ0) is 14.7. The van der Waals surface area contributed by atoms with Crippen LogP contribution in [0.25, 0.3) is 0 Å². The number of aryl methyl sites for hydroxylation is 1. The number of benzene rings is 2. The number of hydrogen-bond acceptors (Lipinski definition) is 3. The summed E-state index contributed by atoms with van der Waals surface area (Å²) in [5, 5.41) is 22.5. The fourth-order valence-corrected chi connectivity index (χ4v) is 2.06.